The summed E-state index contributed by atoms with van der Waals surface area (Å²) in [6.07, 6.45) is 3.72. The van der Waals surface area contributed by atoms with Crippen LogP contribution < -0.4 is 16.2 Å². The zero-order valence-electron chi connectivity index (χ0n) is 26.1. The fourth-order valence-corrected chi connectivity index (χ4v) is 5.48. The van der Waals surface area contributed by atoms with Gasteiger partial charge in [0.2, 0.25) is 5.91 Å². The second kappa shape index (κ2) is 11.9. The SMILES string of the molecule is CCC(C)(C)c1cc(CCC(=O)NNC(=O)C(=O)NC2CC(C)(C)N(C)C(C)(C)C2)cc(C(C)(C)CC)c1O. The number of nitrogens with zero attached hydrogens (tertiary/aromatic N) is 1. The molecule has 1 aliphatic heterocycles. The Morgan fingerprint density at radius 3 is 1.79 bits per heavy atom. The van der Waals surface area contributed by atoms with Crippen LogP contribution in [-0.2, 0) is 31.6 Å². The van der Waals surface area contributed by atoms with Crippen molar-refractivity contribution in [1.29, 1.82) is 0 Å². The summed E-state index contributed by atoms with van der Waals surface area (Å²) < 4.78 is 0. The van der Waals surface area contributed by atoms with Gasteiger partial charge in [0.05, 0.1) is 0 Å². The van der Waals surface area contributed by atoms with Crippen molar-refractivity contribution in [3.8, 4) is 5.75 Å². The fourth-order valence-electron chi connectivity index (χ4n) is 5.48. The molecule has 1 aromatic rings. The lowest BCUT2D eigenvalue weighted by Crippen LogP contribution is -2.63. The van der Waals surface area contributed by atoms with Crippen molar-refractivity contribution in [1.82, 2.24) is 21.1 Å². The number of hydrazine groups is 1. The third kappa shape index (κ3) is 7.74. The van der Waals surface area contributed by atoms with Crippen LogP contribution in [0.4, 0.5) is 0 Å². The highest BCUT2D eigenvalue weighted by Gasteiger charge is 2.43. The Morgan fingerprint density at radius 2 is 1.36 bits per heavy atom. The van der Waals surface area contributed by atoms with Crippen LogP contribution in [0, 0.1) is 0 Å². The molecule has 1 saturated heterocycles. The molecule has 1 fully saturated rings. The topological polar surface area (TPSA) is 111 Å². The number of aromatic hydroxyl groups is 1. The number of hydrogen-bond acceptors (Lipinski definition) is 5. The summed E-state index contributed by atoms with van der Waals surface area (Å²) in [5, 5.41) is 14.0. The number of hydrogen-bond donors (Lipinski definition) is 4. The molecule has 39 heavy (non-hydrogen) atoms. The van der Waals surface area contributed by atoms with Crippen LogP contribution >= 0.6 is 0 Å². The van der Waals surface area contributed by atoms with Crippen LogP contribution in [0.5, 0.6) is 5.75 Å². The lowest BCUT2D eigenvalue weighted by molar-refractivity contribution is -0.142. The third-order valence-corrected chi connectivity index (χ3v) is 9.20. The number of benzene rings is 1. The van der Waals surface area contributed by atoms with Gasteiger partial charge in [0.1, 0.15) is 5.75 Å². The van der Waals surface area contributed by atoms with Crippen LogP contribution in [-0.4, -0.2) is 51.9 Å². The number of phenols is 1. The number of rotatable bonds is 8. The number of piperidine rings is 1. The van der Waals surface area contributed by atoms with Crippen LogP contribution in [0.15, 0.2) is 12.1 Å². The summed E-state index contributed by atoms with van der Waals surface area (Å²) >= 11 is 0. The molecule has 2 rings (SSSR count). The van der Waals surface area contributed by atoms with Gasteiger partial charge in [-0.3, -0.25) is 30.1 Å². The van der Waals surface area contributed by atoms with Gasteiger partial charge in [-0.05, 0) is 83.2 Å². The number of carbonyl (C=O) groups excluding carboxylic acids is 3. The first kappa shape index (κ1) is 32.6. The highest BCUT2D eigenvalue weighted by molar-refractivity contribution is 6.35. The molecule has 0 unspecified atom stereocenters. The largest absolute Gasteiger partial charge is 0.507 e. The molecule has 0 saturated carbocycles. The van der Waals surface area contributed by atoms with E-state index in [1.54, 1.807) is 0 Å². The van der Waals surface area contributed by atoms with Crippen molar-refractivity contribution in [3.63, 3.8) is 0 Å². The summed E-state index contributed by atoms with van der Waals surface area (Å²) in [7, 11) is 2.08. The first-order chi connectivity index (χ1) is 17.8. The average Bonchev–Trinajstić information content (AvgIpc) is 2.84. The molecule has 8 heteroatoms. The lowest BCUT2D eigenvalue weighted by atomic mass is 9.74. The minimum Gasteiger partial charge on any atom is -0.507 e. The van der Waals surface area contributed by atoms with E-state index in [-0.39, 0.29) is 34.4 Å². The minimum absolute atomic E-state index is 0.127. The molecule has 0 spiro atoms. The molecule has 0 bridgehead atoms. The zero-order chi connectivity index (χ0) is 30.0. The predicted octanol–water partition coefficient (Wildman–Crippen LogP) is 4.62. The summed E-state index contributed by atoms with van der Waals surface area (Å²) in [5.74, 6) is -1.70. The van der Waals surface area contributed by atoms with Crippen LogP contribution in [0.1, 0.15) is 118 Å². The number of likely N-dealkylation sites (tertiary alicyclic amines) is 1. The molecule has 1 aliphatic rings. The Kier molecular flexibility index (Phi) is 9.92. The van der Waals surface area contributed by atoms with Crippen molar-refractivity contribution in [2.24, 2.45) is 0 Å². The molecule has 220 valence electrons. The zero-order valence-corrected chi connectivity index (χ0v) is 26.1. The molecular weight excluding hydrogens is 492 g/mol. The van der Waals surface area contributed by atoms with Crippen molar-refractivity contribution in [2.75, 3.05) is 7.05 Å². The van der Waals surface area contributed by atoms with E-state index in [0.717, 1.165) is 42.4 Å². The van der Waals surface area contributed by atoms with E-state index in [0.29, 0.717) is 12.2 Å². The number of phenolic OH excluding ortho intramolecular Hbond substituents is 1. The molecule has 8 nitrogen and oxygen atoms in total. The summed E-state index contributed by atoms with van der Waals surface area (Å²) in [6, 6.07) is 3.83. The van der Waals surface area contributed by atoms with E-state index in [1.807, 2.05) is 12.1 Å². The van der Waals surface area contributed by atoms with Crippen LogP contribution in [0.3, 0.4) is 0 Å². The summed E-state index contributed by atoms with van der Waals surface area (Å²) in [6.45, 7) is 21.1. The molecule has 1 aromatic carbocycles. The molecule has 3 amide bonds. The van der Waals surface area contributed by atoms with Gasteiger partial charge < -0.3 is 10.4 Å². The Bertz CT molecular complexity index is 1020. The first-order valence-corrected chi connectivity index (χ1v) is 14.3. The normalized spacial score (nSPS) is 17.9. The third-order valence-electron chi connectivity index (χ3n) is 9.20. The van der Waals surface area contributed by atoms with Gasteiger partial charge in [-0.2, -0.15) is 0 Å². The standard InChI is InChI=1S/C31H52N4O4/c1-12-28(3,4)22-16-20(17-23(25(22)37)29(5,6)13-2)14-15-24(36)33-34-27(39)26(38)32-21-18-30(7,8)35(11)31(9,10)19-21/h16-17,21,37H,12-15,18-19H2,1-11H3,(H,32,38)(H,33,36)(H,34,39). The lowest BCUT2D eigenvalue weighted by Gasteiger charge is -2.53. The van der Waals surface area contributed by atoms with Crippen LogP contribution in [0.2, 0.25) is 0 Å². The molecule has 0 atom stereocenters. The number of nitrogens with one attached hydrogen (secondary N) is 3. The summed E-state index contributed by atoms with van der Waals surface area (Å²) in [4.78, 5) is 39.8. The monoisotopic (exact) mass is 544 g/mol. The number of amides is 3. The fraction of sp³-hybridized carbons (Fsp3) is 0.710. The van der Waals surface area contributed by atoms with E-state index in [1.165, 1.54) is 0 Å². The van der Waals surface area contributed by atoms with Crippen LogP contribution in [0.25, 0.3) is 0 Å². The minimum atomic E-state index is -0.888. The molecule has 1 heterocycles. The maximum atomic E-state index is 12.6. The van der Waals surface area contributed by atoms with Gasteiger partial charge in [-0.15, -0.1) is 0 Å². The van der Waals surface area contributed by atoms with E-state index in [4.69, 9.17) is 0 Å². The maximum Gasteiger partial charge on any atom is 0.327 e. The van der Waals surface area contributed by atoms with Crippen molar-refractivity contribution < 1.29 is 19.5 Å². The molecule has 0 aliphatic carbocycles. The van der Waals surface area contributed by atoms with Gasteiger partial charge in [0, 0.05) is 34.7 Å². The Hall–Kier alpha value is -2.61. The van der Waals surface area contributed by atoms with Gasteiger partial charge in [-0.1, -0.05) is 53.7 Å². The van der Waals surface area contributed by atoms with Gasteiger partial charge in [0.15, 0.2) is 0 Å². The summed E-state index contributed by atoms with van der Waals surface area (Å²) in [5.41, 5.74) is 6.64. The predicted molar refractivity (Wildman–Crippen MR) is 156 cm³/mol. The molecule has 0 radical (unpaired) electrons. The van der Waals surface area contributed by atoms with Gasteiger partial charge in [0.25, 0.3) is 0 Å². The van der Waals surface area contributed by atoms with Gasteiger partial charge >= 0.3 is 11.8 Å². The van der Waals surface area contributed by atoms with E-state index in [9.17, 15) is 19.5 Å². The number of aryl methyl sites for hydroxylation is 1. The highest BCUT2D eigenvalue weighted by Crippen LogP contribution is 2.42. The highest BCUT2D eigenvalue weighted by atomic mass is 16.3. The Balaban J connectivity index is 2.01. The average molecular weight is 545 g/mol. The van der Waals surface area contributed by atoms with Crippen molar-refractivity contribution in [2.45, 2.75) is 136 Å². The molecule has 4 N–H and O–H groups in total. The quantitative estimate of drug-likeness (QED) is 0.282. The first-order valence-electron chi connectivity index (χ1n) is 14.3. The maximum absolute atomic E-state index is 12.6. The van der Waals surface area contributed by atoms with E-state index >= 15 is 0 Å². The van der Waals surface area contributed by atoms with Crippen molar-refractivity contribution in [3.05, 3.63) is 28.8 Å². The second-order valence-corrected chi connectivity index (χ2v) is 13.8. The van der Waals surface area contributed by atoms with Crippen molar-refractivity contribution >= 4 is 17.7 Å². The molecule has 0 aromatic heterocycles. The Morgan fingerprint density at radius 1 is 0.897 bits per heavy atom. The second-order valence-electron chi connectivity index (χ2n) is 13.8. The smallest absolute Gasteiger partial charge is 0.327 e. The Labute approximate surface area is 235 Å². The number of carbonyl (C=O) groups is 3. The van der Waals surface area contributed by atoms with Gasteiger partial charge in [-0.25, -0.2) is 0 Å². The molecular formula is C31H52N4O4. The van der Waals surface area contributed by atoms with E-state index in [2.05, 4.69) is 97.4 Å². The van der Waals surface area contributed by atoms with E-state index < -0.39 is 17.7 Å².